The number of aliphatic hydroxyl groups excluding tert-OH is 1. The molecule has 0 bridgehead atoms. The van der Waals surface area contributed by atoms with Crippen LogP contribution in [0.15, 0.2) is 0 Å². The van der Waals surface area contributed by atoms with Crippen LogP contribution in [0.4, 0.5) is 0 Å². The number of aromatic nitrogens is 1. The van der Waals surface area contributed by atoms with Gasteiger partial charge in [-0.15, -0.1) is 0 Å². The first-order chi connectivity index (χ1) is 8.42. The van der Waals surface area contributed by atoms with E-state index in [4.69, 9.17) is 0 Å². The fourth-order valence-corrected chi connectivity index (χ4v) is 1.81. The van der Waals surface area contributed by atoms with E-state index in [9.17, 15) is 14.7 Å². The van der Waals surface area contributed by atoms with E-state index in [2.05, 4.69) is 14.5 Å². The largest absolute Gasteiger partial charge is 0.467 e. The summed E-state index contributed by atoms with van der Waals surface area (Å²) in [5.74, 6) is -1.18. The third-order valence-corrected chi connectivity index (χ3v) is 2.85. The van der Waals surface area contributed by atoms with Crippen LogP contribution in [-0.4, -0.2) is 42.4 Å². The van der Waals surface area contributed by atoms with Crippen molar-refractivity contribution in [3.8, 4) is 0 Å². The molecule has 2 N–H and O–H groups in total. The second-order valence-corrected chi connectivity index (χ2v) is 3.96. The Morgan fingerprint density at radius 2 is 1.89 bits per heavy atom. The zero-order valence-electron chi connectivity index (χ0n) is 10.9. The quantitative estimate of drug-likeness (QED) is 0.764. The van der Waals surface area contributed by atoms with Crippen LogP contribution in [-0.2, 0) is 20.7 Å². The van der Waals surface area contributed by atoms with Crippen molar-refractivity contribution in [3.05, 3.63) is 22.5 Å². The minimum absolute atomic E-state index is 0.0951. The topological polar surface area (TPSA) is 88.6 Å². The number of aliphatic hydroxyl groups is 1. The summed E-state index contributed by atoms with van der Waals surface area (Å²) < 4.78 is 9.08. The molecule has 100 valence electrons. The van der Waals surface area contributed by atoms with Gasteiger partial charge in [0.1, 0.15) is 5.69 Å². The van der Waals surface area contributed by atoms with Crippen molar-refractivity contribution in [1.82, 2.24) is 4.98 Å². The first-order valence-electron chi connectivity index (χ1n) is 5.44. The number of esters is 2. The van der Waals surface area contributed by atoms with Crippen molar-refractivity contribution < 1.29 is 24.2 Å². The molecule has 18 heavy (non-hydrogen) atoms. The van der Waals surface area contributed by atoms with Crippen molar-refractivity contribution in [2.24, 2.45) is 0 Å². The predicted molar refractivity (Wildman–Crippen MR) is 63.3 cm³/mol. The van der Waals surface area contributed by atoms with E-state index in [0.717, 1.165) is 5.69 Å². The number of aryl methyl sites for hydroxylation is 1. The Morgan fingerprint density at radius 1 is 1.28 bits per heavy atom. The molecule has 0 aliphatic heterocycles. The minimum Gasteiger partial charge on any atom is -0.467 e. The Kier molecular flexibility index (Phi) is 4.49. The molecule has 0 radical (unpaired) electrons. The lowest BCUT2D eigenvalue weighted by molar-refractivity contribution is -0.150. The van der Waals surface area contributed by atoms with E-state index in [-0.39, 0.29) is 6.42 Å². The summed E-state index contributed by atoms with van der Waals surface area (Å²) in [7, 11) is 2.50. The molecule has 0 spiro atoms. The highest BCUT2D eigenvalue weighted by molar-refractivity contribution is 5.89. The van der Waals surface area contributed by atoms with Crippen molar-refractivity contribution >= 4 is 11.9 Å². The van der Waals surface area contributed by atoms with E-state index in [1.165, 1.54) is 14.2 Å². The van der Waals surface area contributed by atoms with Crippen molar-refractivity contribution in [2.45, 2.75) is 26.4 Å². The van der Waals surface area contributed by atoms with E-state index >= 15 is 0 Å². The fourth-order valence-electron chi connectivity index (χ4n) is 1.81. The molecule has 1 unspecified atom stereocenters. The maximum Gasteiger partial charge on any atom is 0.354 e. The minimum atomic E-state index is -1.24. The number of hydrogen-bond acceptors (Lipinski definition) is 5. The van der Waals surface area contributed by atoms with Gasteiger partial charge >= 0.3 is 11.9 Å². The molecule has 1 rings (SSSR count). The molecule has 1 aromatic heterocycles. The zero-order valence-corrected chi connectivity index (χ0v) is 10.9. The van der Waals surface area contributed by atoms with Gasteiger partial charge in [-0.25, -0.2) is 9.59 Å². The van der Waals surface area contributed by atoms with Crippen LogP contribution in [0.2, 0.25) is 0 Å². The standard InChI is InChI=1S/C12H17NO5/c1-6-8(5-9(14)11(15)17-3)7(2)13-10(6)12(16)18-4/h9,13-14H,5H2,1-4H3. The monoisotopic (exact) mass is 255 g/mol. The summed E-state index contributed by atoms with van der Waals surface area (Å²) in [6.45, 7) is 3.49. The molecule has 0 fully saturated rings. The molecule has 0 saturated heterocycles. The average Bonchev–Trinajstić information content (AvgIpc) is 2.64. The first-order valence-corrected chi connectivity index (χ1v) is 5.44. The summed E-state index contributed by atoms with van der Waals surface area (Å²) in [6, 6.07) is 0. The predicted octanol–water partition coefficient (Wildman–Crippen LogP) is 0.495. The number of methoxy groups -OCH3 is 2. The van der Waals surface area contributed by atoms with Crippen LogP contribution >= 0.6 is 0 Å². The van der Waals surface area contributed by atoms with E-state index in [1.807, 2.05) is 0 Å². The summed E-state index contributed by atoms with van der Waals surface area (Å²) in [6.07, 6.45) is -1.15. The zero-order chi connectivity index (χ0) is 13.9. The maximum atomic E-state index is 11.5. The van der Waals surface area contributed by atoms with Gasteiger partial charge in [0, 0.05) is 12.1 Å². The highest BCUT2D eigenvalue weighted by Gasteiger charge is 2.23. The molecule has 1 aromatic rings. The summed E-state index contributed by atoms with van der Waals surface area (Å²) in [4.78, 5) is 25.5. The van der Waals surface area contributed by atoms with Crippen molar-refractivity contribution in [2.75, 3.05) is 14.2 Å². The van der Waals surface area contributed by atoms with Crippen LogP contribution < -0.4 is 0 Å². The SMILES string of the molecule is COC(=O)c1[nH]c(C)c(CC(O)C(=O)OC)c1C. The molecule has 1 heterocycles. The first kappa shape index (κ1) is 14.2. The smallest absolute Gasteiger partial charge is 0.354 e. The Morgan fingerprint density at radius 3 is 2.39 bits per heavy atom. The van der Waals surface area contributed by atoms with Gasteiger partial charge in [-0.1, -0.05) is 0 Å². The highest BCUT2D eigenvalue weighted by Crippen LogP contribution is 2.20. The number of ether oxygens (including phenoxy) is 2. The summed E-state index contributed by atoms with van der Waals surface area (Å²) in [5, 5.41) is 9.62. The van der Waals surface area contributed by atoms with Gasteiger partial charge < -0.3 is 19.6 Å². The lowest BCUT2D eigenvalue weighted by Crippen LogP contribution is -2.24. The number of carbonyl (C=O) groups excluding carboxylic acids is 2. The van der Waals surface area contributed by atoms with Crippen LogP contribution in [0.25, 0.3) is 0 Å². The maximum absolute atomic E-state index is 11.5. The third kappa shape index (κ3) is 2.70. The Labute approximate surface area is 105 Å². The Balaban J connectivity index is 3.00. The van der Waals surface area contributed by atoms with E-state index in [0.29, 0.717) is 16.8 Å². The van der Waals surface area contributed by atoms with Crippen LogP contribution in [0.5, 0.6) is 0 Å². The van der Waals surface area contributed by atoms with Crippen LogP contribution in [0, 0.1) is 13.8 Å². The van der Waals surface area contributed by atoms with Crippen molar-refractivity contribution in [3.63, 3.8) is 0 Å². The molecule has 0 aliphatic rings. The summed E-state index contributed by atoms with van der Waals surface area (Å²) >= 11 is 0. The van der Waals surface area contributed by atoms with Gasteiger partial charge in [-0.2, -0.15) is 0 Å². The second-order valence-electron chi connectivity index (χ2n) is 3.96. The number of rotatable bonds is 4. The van der Waals surface area contributed by atoms with E-state index in [1.54, 1.807) is 13.8 Å². The molecule has 1 atom stereocenters. The normalized spacial score (nSPS) is 12.1. The van der Waals surface area contributed by atoms with Gasteiger partial charge in [0.25, 0.3) is 0 Å². The van der Waals surface area contributed by atoms with Gasteiger partial charge in [0.05, 0.1) is 14.2 Å². The van der Waals surface area contributed by atoms with Gasteiger partial charge in [-0.05, 0) is 25.0 Å². The Hall–Kier alpha value is -1.82. The molecule has 0 aliphatic carbocycles. The molecule has 0 aromatic carbocycles. The number of nitrogens with one attached hydrogen (secondary N) is 1. The number of H-pyrrole nitrogens is 1. The average molecular weight is 255 g/mol. The molecule has 0 saturated carbocycles. The molecular formula is C12H17NO5. The Bertz CT molecular complexity index is 463. The highest BCUT2D eigenvalue weighted by atomic mass is 16.5. The van der Waals surface area contributed by atoms with Crippen LogP contribution in [0.3, 0.4) is 0 Å². The van der Waals surface area contributed by atoms with Gasteiger partial charge in [-0.3, -0.25) is 0 Å². The fraction of sp³-hybridized carbons (Fsp3) is 0.500. The summed E-state index contributed by atoms with van der Waals surface area (Å²) in [5.41, 5.74) is 2.44. The molecule has 0 amide bonds. The van der Waals surface area contributed by atoms with Crippen molar-refractivity contribution in [1.29, 1.82) is 0 Å². The number of carbonyl (C=O) groups is 2. The van der Waals surface area contributed by atoms with Gasteiger partial charge in [0.15, 0.2) is 6.10 Å². The van der Waals surface area contributed by atoms with Gasteiger partial charge in [0.2, 0.25) is 0 Å². The lowest BCUT2D eigenvalue weighted by atomic mass is 10.0. The molecule has 6 nitrogen and oxygen atoms in total. The van der Waals surface area contributed by atoms with Crippen LogP contribution in [0.1, 0.15) is 27.3 Å². The number of hydrogen-bond donors (Lipinski definition) is 2. The molecular weight excluding hydrogens is 238 g/mol. The second kappa shape index (κ2) is 5.68. The lowest BCUT2D eigenvalue weighted by Gasteiger charge is -2.08. The van der Waals surface area contributed by atoms with E-state index < -0.39 is 18.0 Å². The number of aromatic amines is 1. The molecule has 6 heteroatoms. The third-order valence-electron chi connectivity index (χ3n) is 2.85.